The van der Waals surface area contributed by atoms with Crippen LogP contribution in [0.3, 0.4) is 0 Å². The quantitative estimate of drug-likeness (QED) is 0.217. The lowest BCUT2D eigenvalue weighted by Gasteiger charge is -2.12. The first kappa shape index (κ1) is 23.7. The van der Waals surface area contributed by atoms with Gasteiger partial charge in [0.15, 0.2) is 0 Å². The van der Waals surface area contributed by atoms with Gasteiger partial charge >= 0.3 is 5.97 Å². The summed E-state index contributed by atoms with van der Waals surface area (Å²) in [4.78, 5) is 64.9. The second-order valence-electron chi connectivity index (χ2n) is 7.59. The van der Waals surface area contributed by atoms with Gasteiger partial charge in [-0.15, -0.1) is 11.3 Å². The van der Waals surface area contributed by atoms with Gasteiger partial charge in [-0.1, -0.05) is 24.3 Å². The molecule has 1 aliphatic rings. The molecule has 11 nitrogen and oxygen atoms in total. The Bertz CT molecular complexity index is 1370. The van der Waals surface area contributed by atoms with E-state index < -0.39 is 34.9 Å². The molecule has 1 aliphatic heterocycles. The molecular weight excluding hydrogens is 476 g/mol. The molecule has 0 aliphatic carbocycles. The number of nitrogens with zero attached hydrogens (tertiary/aromatic N) is 3. The number of nitrogens with one attached hydrogen (secondary N) is 1. The van der Waals surface area contributed by atoms with E-state index in [-0.39, 0.29) is 30.1 Å². The van der Waals surface area contributed by atoms with Gasteiger partial charge in [-0.25, -0.2) is 4.98 Å². The number of anilines is 1. The number of aryl methyl sites for hydroxylation is 1. The normalized spacial score (nSPS) is 12.4. The lowest BCUT2D eigenvalue weighted by atomic mass is 10.1. The molecule has 2 aromatic carbocycles. The molecule has 0 spiro atoms. The number of fused-ring (bicyclic) bond motifs is 1. The van der Waals surface area contributed by atoms with Gasteiger partial charge in [0.25, 0.3) is 17.5 Å². The van der Waals surface area contributed by atoms with Crippen molar-refractivity contribution in [1.82, 2.24) is 9.88 Å². The number of carbonyl (C=O) groups excluding carboxylic acids is 4. The number of thiazole rings is 1. The standard InChI is InChI=1S/C23H18N4O7S/c1-13-5-2-3-7-16(13)25-18(28)9-19-24-14(12-35-19)11-34-20(29)10-26-22(30)15-6-4-8-17(27(32)33)21(15)23(26)31/h2-8,12H,9-11H2,1H3,(H,25,28). The number of benzene rings is 2. The maximum absolute atomic E-state index is 12.5. The maximum atomic E-state index is 12.5. The molecule has 0 saturated carbocycles. The van der Waals surface area contributed by atoms with E-state index in [1.807, 2.05) is 25.1 Å². The Morgan fingerprint density at radius 2 is 1.91 bits per heavy atom. The first-order valence-corrected chi connectivity index (χ1v) is 11.2. The van der Waals surface area contributed by atoms with Crippen LogP contribution in [-0.2, 0) is 27.4 Å². The van der Waals surface area contributed by atoms with Crippen molar-refractivity contribution >= 4 is 46.4 Å². The summed E-state index contributed by atoms with van der Waals surface area (Å²) in [6, 6.07) is 11.1. The van der Waals surface area contributed by atoms with Crippen molar-refractivity contribution in [2.45, 2.75) is 20.0 Å². The summed E-state index contributed by atoms with van der Waals surface area (Å²) in [5.74, 6) is -2.85. The summed E-state index contributed by atoms with van der Waals surface area (Å²) < 4.78 is 5.12. The van der Waals surface area contributed by atoms with Gasteiger partial charge in [-0.05, 0) is 24.6 Å². The highest BCUT2D eigenvalue weighted by Crippen LogP contribution is 2.30. The Morgan fingerprint density at radius 3 is 2.66 bits per heavy atom. The third kappa shape index (κ3) is 5.06. The summed E-state index contributed by atoms with van der Waals surface area (Å²) >= 11 is 1.23. The molecule has 12 heteroatoms. The van der Waals surface area contributed by atoms with Gasteiger partial charge in [-0.3, -0.25) is 34.2 Å². The van der Waals surface area contributed by atoms with Crippen molar-refractivity contribution in [3.8, 4) is 0 Å². The lowest BCUT2D eigenvalue weighted by Crippen LogP contribution is -2.35. The van der Waals surface area contributed by atoms with Gasteiger partial charge in [0.2, 0.25) is 5.91 Å². The average molecular weight is 494 g/mol. The second kappa shape index (κ2) is 9.81. The van der Waals surface area contributed by atoms with E-state index in [9.17, 15) is 29.3 Å². The number of esters is 1. The van der Waals surface area contributed by atoms with Crippen LogP contribution >= 0.6 is 11.3 Å². The molecule has 0 fully saturated rings. The number of hydrogen-bond acceptors (Lipinski definition) is 9. The maximum Gasteiger partial charge on any atom is 0.326 e. The van der Waals surface area contributed by atoms with Gasteiger partial charge in [0.05, 0.1) is 22.6 Å². The van der Waals surface area contributed by atoms with Crippen LogP contribution in [0.25, 0.3) is 0 Å². The molecule has 0 saturated heterocycles. The fourth-order valence-corrected chi connectivity index (χ4v) is 4.26. The third-order valence-electron chi connectivity index (χ3n) is 5.17. The summed E-state index contributed by atoms with van der Waals surface area (Å²) in [7, 11) is 0. The number of hydrogen-bond donors (Lipinski definition) is 1. The van der Waals surface area contributed by atoms with Crippen LogP contribution in [0, 0.1) is 17.0 Å². The van der Waals surface area contributed by atoms with Crippen LogP contribution < -0.4 is 5.32 Å². The fraction of sp³-hybridized carbons (Fsp3) is 0.174. The number of rotatable bonds is 8. The number of nitro benzene ring substituents is 1. The minimum atomic E-state index is -0.926. The molecule has 4 rings (SSSR count). The zero-order valence-corrected chi connectivity index (χ0v) is 19.2. The molecule has 0 bridgehead atoms. The Kier molecular flexibility index (Phi) is 6.64. The molecule has 178 valence electrons. The monoisotopic (exact) mass is 494 g/mol. The molecule has 1 N–H and O–H groups in total. The first-order valence-electron chi connectivity index (χ1n) is 10.3. The molecular formula is C23H18N4O7S. The minimum Gasteiger partial charge on any atom is -0.458 e. The van der Waals surface area contributed by atoms with Crippen molar-refractivity contribution in [3.63, 3.8) is 0 Å². The average Bonchev–Trinajstić information content (AvgIpc) is 3.37. The number of para-hydroxylation sites is 1. The Hall–Kier alpha value is -4.45. The number of nitro groups is 1. The number of imide groups is 1. The molecule has 3 aromatic rings. The zero-order valence-electron chi connectivity index (χ0n) is 18.3. The summed E-state index contributed by atoms with van der Waals surface area (Å²) in [5.41, 5.74) is 1.06. The van der Waals surface area contributed by atoms with Gasteiger partial charge in [0, 0.05) is 17.1 Å². The second-order valence-corrected chi connectivity index (χ2v) is 8.53. The predicted octanol–water partition coefficient (Wildman–Crippen LogP) is 2.88. The van der Waals surface area contributed by atoms with Crippen molar-refractivity contribution in [2.75, 3.05) is 11.9 Å². The smallest absolute Gasteiger partial charge is 0.326 e. The predicted molar refractivity (Wildman–Crippen MR) is 124 cm³/mol. The third-order valence-corrected chi connectivity index (χ3v) is 6.07. The van der Waals surface area contributed by atoms with E-state index in [2.05, 4.69) is 10.3 Å². The zero-order chi connectivity index (χ0) is 25.1. The van der Waals surface area contributed by atoms with Crippen molar-refractivity contribution < 1.29 is 28.8 Å². The largest absolute Gasteiger partial charge is 0.458 e. The Balaban J connectivity index is 1.31. The van der Waals surface area contributed by atoms with E-state index in [4.69, 9.17) is 4.74 Å². The first-order chi connectivity index (χ1) is 16.7. The Labute approximate surface area is 202 Å². The highest BCUT2D eigenvalue weighted by atomic mass is 32.1. The van der Waals surface area contributed by atoms with Crippen LogP contribution in [0.2, 0.25) is 0 Å². The molecule has 3 amide bonds. The number of ether oxygens (including phenoxy) is 1. The molecule has 35 heavy (non-hydrogen) atoms. The van der Waals surface area contributed by atoms with Crippen LogP contribution in [0.5, 0.6) is 0 Å². The fourth-order valence-electron chi connectivity index (χ4n) is 3.48. The summed E-state index contributed by atoms with van der Waals surface area (Å²) in [5, 5.41) is 16.2. The van der Waals surface area contributed by atoms with Crippen molar-refractivity contribution in [2.24, 2.45) is 0 Å². The highest BCUT2D eigenvalue weighted by molar-refractivity contribution is 7.09. The summed E-state index contributed by atoms with van der Waals surface area (Å²) in [6.07, 6.45) is 0.0424. The molecule has 0 atom stereocenters. The van der Waals surface area contributed by atoms with Crippen LogP contribution in [0.4, 0.5) is 11.4 Å². The number of carbonyl (C=O) groups is 4. The Morgan fingerprint density at radius 1 is 1.14 bits per heavy atom. The van der Waals surface area contributed by atoms with E-state index >= 15 is 0 Å². The molecule has 1 aromatic heterocycles. The van der Waals surface area contributed by atoms with Gasteiger partial charge in [-0.2, -0.15) is 0 Å². The molecule has 2 heterocycles. The van der Waals surface area contributed by atoms with Crippen LogP contribution in [0.15, 0.2) is 47.8 Å². The van der Waals surface area contributed by atoms with Crippen molar-refractivity contribution in [3.05, 3.63) is 85.4 Å². The topological polar surface area (TPSA) is 149 Å². The van der Waals surface area contributed by atoms with Gasteiger partial charge in [0.1, 0.15) is 23.7 Å². The van der Waals surface area contributed by atoms with E-state index in [0.717, 1.165) is 11.6 Å². The van der Waals surface area contributed by atoms with Gasteiger partial charge < -0.3 is 10.1 Å². The number of amides is 3. The van der Waals surface area contributed by atoms with Crippen molar-refractivity contribution in [1.29, 1.82) is 0 Å². The van der Waals surface area contributed by atoms with E-state index in [0.29, 0.717) is 21.3 Å². The minimum absolute atomic E-state index is 0.0424. The van der Waals surface area contributed by atoms with E-state index in [1.54, 1.807) is 11.4 Å². The summed E-state index contributed by atoms with van der Waals surface area (Å²) in [6.45, 7) is 0.964. The van der Waals surface area contributed by atoms with E-state index in [1.165, 1.54) is 23.5 Å². The highest BCUT2D eigenvalue weighted by Gasteiger charge is 2.41. The number of aromatic nitrogens is 1. The molecule has 0 radical (unpaired) electrons. The van der Waals surface area contributed by atoms with Crippen LogP contribution in [0.1, 0.15) is 37.0 Å². The molecule has 0 unspecified atom stereocenters. The SMILES string of the molecule is Cc1ccccc1NC(=O)Cc1nc(COC(=O)CN2C(=O)c3cccc([N+](=O)[O-])c3C2=O)cs1. The van der Waals surface area contributed by atoms with Crippen LogP contribution in [-0.4, -0.2) is 45.0 Å². The lowest BCUT2D eigenvalue weighted by molar-refractivity contribution is -0.385.